The maximum atomic E-state index is 12.5. The van der Waals surface area contributed by atoms with Crippen molar-refractivity contribution >= 4 is 17.4 Å². The largest absolute Gasteiger partial charge is 0.369 e. The number of carbonyl (C=O) groups is 1. The van der Waals surface area contributed by atoms with Crippen LogP contribution in [0.1, 0.15) is 44.5 Å². The fraction of sp³-hybridized carbons (Fsp3) is 0.480. The van der Waals surface area contributed by atoms with Gasteiger partial charge in [-0.1, -0.05) is 37.6 Å². The lowest BCUT2D eigenvalue weighted by atomic mass is 10.1. The molecule has 3 aromatic rings. The van der Waals surface area contributed by atoms with Gasteiger partial charge < -0.3 is 15.5 Å². The summed E-state index contributed by atoms with van der Waals surface area (Å²) in [6, 6.07) is 16.1. The normalized spacial score (nSPS) is 15.5. The number of hydrogen-bond donors (Lipinski definition) is 2. The molecule has 33 heavy (non-hydrogen) atoms. The summed E-state index contributed by atoms with van der Waals surface area (Å²) in [5.41, 5.74) is 2.10. The molecular weight excluding hydrogens is 414 g/mol. The number of pyridine rings is 1. The number of aromatic nitrogens is 3. The second-order valence-corrected chi connectivity index (χ2v) is 8.60. The molecule has 8 nitrogen and oxygen atoms in total. The molecule has 8 heteroatoms. The molecule has 1 aromatic carbocycles. The number of piperazine rings is 1. The van der Waals surface area contributed by atoms with E-state index in [1.165, 1.54) is 5.69 Å². The number of urea groups is 1. The van der Waals surface area contributed by atoms with Crippen molar-refractivity contribution in [2.75, 3.05) is 44.2 Å². The molecule has 1 aliphatic rings. The van der Waals surface area contributed by atoms with E-state index in [0.717, 1.165) is 69.9 Å². The average molecular weight is 450 g/mol. The number of para-hydroxylation sites is 1. The number of benzene rings is 1. The fourth-order valence-corrected chi connectivity index (χ4v) is 4.39. The quantitative estimate of drug-likeness (QED) is 0.464. The zero-order valence-corrected chi connectivity index (χ0v) is 19.5. The predicted molar refractivity (Wildman–Crippen MR) is 131 cm³/mol. The van der Waals surface area contributed by atoms with E-state index < -0.39 is 0 Å². The molecule has 0 saturated carbocycles. The van der Waals surface area contributed by atoms with Crippen LogP contribution in [0.25, 0.3) is 5.65 Å². The van der Waals surface area contributed by atoms with Crippen molar-refractivity contribution < 1.29 is 4.79 Å². The summed E-state index contributed by atoms with van der Waals surface area (Å²) in [7, 11) is 0. The van der Waals surface area contributed by atoms with Gasteiger partial charge in [0.1, 0.15) is 0 Å². The molecule has 0 spiro atoms. The molecule has 2 amide bonds. The minimum absolute atomic E-state index is 0.141. The lowest BCUT2D eigenvalue weighted by molar-refractivity contribution is 0.233. The molecule has 1 unspecified atom stereocenters. The van der Waals surface area contributed by atoms with Gasteiger partial charge in [-0.25, -0.2) is 4.79 Å². The van der Waals surface area contributed by atoms with E-state index in [1.54, 1.807) is 0 Å². The van der Waals surface area contributed by atoms with Gasteiger partial charge in [0.25, 0.3) is 0 Å². The van der Waals surface area contributed by atoms with Gasteiger partial charge in [0.2, 0.25) is 0 Å². The Balaban J connectivity index is 1.14. The number of nitrogens with one attached hydrogen (secondary N) is 2. The molecule has 2 N–H and O–H groups in total. The molecule has 1 atom stereocenters. The van der Waals surface area contributed by atoms with Gasteiger partial charge in [0.05, 0.1) is 6.04 Å². The predicted octanol–water partition coefficient (Wildman–Crippen LogP) is 3.47. The zero-order chi connectivity index (χ0) is 22.9. The van der Waals surface area contributed by atoms with Crippen LogP contribution in [0.15, 0.2) is 54.7 Å². The van der Waals surface area contributed by atoms with Crippen molar-refractivity contribution in [3.05, 3.63) is 60.6 Å². The summed E-state index contributed by atoms with van der Waals surface area (Å²) in [6.45, 7) is 8.18. The monoisotopic (exact) mass is 449 g/mol. The first-order valence-corrected chi connectivity index (χ1v) is 12.1. The van der Waals surface area contributed by atoms with Crippen LogP contribution < -0.4 is 15.5 Å². The maximum absolute atomic E-state index is 12.5. The molecule has 3 heterocycles. The molecule has 0 radical (unpaired) electrons. The lowest BCUT2D eigenvalue weighted by Gasteiger charge is -2.36. The van der Waals surface area contributed by atoms with Gasteiger partial charge in [-0.2, -0.15) is 0 Å². The van der Waals surface area contributed by atoms with Crippen molar-refractivity contribution in [3.63, 3.8) is 0 Å². The molecule has 1 fully saturated rings. The van der Waals surface area contributed by atoms with Gasteiger partial charge in [-0.15, -0.1) is 10.2 Å². The number of hydrogen-bond acceptors (Lipinski definition) is 5. The van der Waals surface area contributed by atoms with Crippen LogP contribution in [0.3, 0.4) is 0 Å². The Morgan fingerprint density at radius 1 is 1.00 bits per heavy atom. The van der Waals surface area contributed by atoms with Crippen LogP contribution in [0.2, 0.25) is 0 Å². The average Bonchev–Trinajstić information content (AvgIpc) is 3.29. The van der Waals surface area contributed by atoms with Crippen molar-refractivity contribution in [1.82, 2.24) is 30.1 Å². The van der Waals surface area contributed by atoms with Crippen molar-refractivity contribution in [1.29, 1.82) is 0 Å². The van der Waals surface area contributed by atoms with Gasteiger partial charge in [-0.05, 0) is 50.1 Å². The topological polar surface area (TPSA) is 77.8 Å². The van der Waals surface area contributed by atoms with Gasteiger partial charge in [0.15, 0.2) is 11.5 Å². The third-order valence-corrected chi connectivity index (χ3v) is 6.21. The summed E-state index contributed by atoms with van der Waals surface area (Å²) >= 11 is 0. The molecule has 0 aliphatic carbocycles. The Kier molecular flexibility index (Phi) is 8.14. The number of nitrogens with zero attached hydrogens (tertiary/aromatic N) is 5. The molecule has 1 saturated heterocycles. The second kappa shape index (κ2) is 11.7. The van der Waals surface area contributed by atoms with Gasteiger partial charge in [-0.3, -0.25) is 9.30 Å². The Morgan fingerprint density at radius 2 is 1.79 bits per heavy atom. The first-order valence-electron chi connectivity index (χ1n) is 12.1. The van der Waals surface area contributed by atoms with Crippen molar-refractivity contribution in [2.45, 2.75) is 38.6 Å². The molecule has 176 valence electrons. The number of anilines is 1. The summed E-state index contributed by atoms with van der Waals surface area (Å²) in [4.78, 5) is 17.5. The number of amides is 2. The maximum Gasteiger partial charge on any atom is 0.315 e. The fourth-order valence-electron chi connectivity index (χ4n) is 4.39. The first kappa shape index (κ1) is 23.0. The van der Waals surface area contributed by atoms with Crippen LogP contribution in [-0.4, -0.2) is 64.8 Å². The zero-order valence-electron chi connectivity index (χ0n) is 19.5. The lowest BCUT2D eigenvalue weighted by Crippen LogP contribution is -2.46. The number of unbranched alkanes of at least 4 members (excludes halogenated alkanes) is 1. The van der Waals surface area contributed by atoms with E-state index in [9.17, 15) is 4.79 Å². The number of carbonyl (C=O) groups excluding carboxylic acids is 1. The SMILES string of the molecule is CCCC(NC(=O)NCCCCN1CCN(c2ccccc2)CC1)c1nnc2ccccn12. The summed E-state index contributed by atoms with van der Waals surface area (Å²) < 4.78 is 1.94. The van der Waals surface area contributed by atoms with E-state index in [2.05, 4.69) is 67.9 Å². The van der Waals surface area contributed by atoms with E-state index in [-0.39, 0.29) is 12.1 Å². The van der Waals surface area contributed by atoms with E-state index in [4.69, 9.17) is 0 Å². The first-order chi connectivity index (χ1) is 16.2. The van der Waals surface area contributed by atoms with E-state index >= 15 is 0 Å². The van der Waals surface area contributed by atoms with E-state index in [0.29, 0.717) is 6.54 Å². The van der Waals surface area contributed by atoms with Crippen LogP contribution in [-0.2, 0) is 0 Å². The Hall–Kier alpha value is -3.13. The molecule has 1 aliphatic heterocycles. The standard InChI is InChI=1S/C25H35N7O/c1-2-10-22(24-29-28-23-13-6-8-16-32(23)24)27-25(33)26-14-7-9-15-30-17-19-31(20-18-30)21-11-4-3-5-12-21/h3-6,8,11-13,16,22H,2,7,9-10,14-15,17-20H2,1H3,(H2,26,27,33). The van der Waals surface area contributed by atoms with E-state index in [1.807, 2.05) is 28.8 Å². The Labute approximate surface area is 196 Å². The highest BCUT2D eigenvalue weighted by Gasteiger charge is 2.20. The molecular formula is C25H35N7O. The van der Waals surface area contributed by atoms with Gasteiger partial charge in [0, 0.05) is 44.6 Å². The highest BCUT2D eigenvalue weighted by atomic mass is 16.2. The summed E-state index contributed by atoms with van der Waals surface area (Å²) in [5, 5.41) is 14.6. The highest BCUT2D eigenvalue weighted by molar-refractivity contribution is 5.74. The minimum Gasteiger partial charge on any atom is -0.369 e. The third-order valence-electron chi connectivity index (χ3n) is 6.21. The third kappa shape index (κ3) is 6.22. The summed E-state index contributed by atoms with van der Waals surface area (Å²) in [5.74, 6) is 0.775. The smallest absolute Gasteiger partial charge is 0.315 e. The van der Waals surface area contributed by atoms with Crippen molar-refractivity contribution in [3.8, 4) is 0 Å². The number of fused-ring (bicyclic) bond motifs is 1. The number of rotatable bonds is 10. The summed E-state index contributed by atoms with van der Waals surface area (Å²) in [6.07, 6.45) is 5.76. The van der Waals surface area contributed by atoms with Crippen LogP contribution >= 0.6 is 0 Å². The minimum atomic E-state index is -0.159. The molecule has 4 rings (SSSR count). The van der Waals surface area contributed by atoms with Crippen LogP contribution in [0.4, 0.5) is 10.5 Å². The van der Waals surface area contributed by atoms with Crippen LogP contribution in [0, 0.1) is 0 Å². The highest BCUT2D eigenvalue weighted by Crippen LogP contribution is 2.18. The van der Waals surface area contributed by atoms with Crippen LogP contribution in [0.5, 0.6) is 0 Å². The van der Waals surface area contributed by atoms with Gasteiger partial charge >= 0.3 is 6.03 Å². The second-order valence-electron chi connectivity index (χ2n) is 8.60. The molecule has 2 aromatic heterocycles. The Bertz CT molecular complexity index is 998. The Morgan fingerprint density at radius 3 is 2.58 bits per heavy atom. The van der Waals surface area contributed by atoms with Crippen molar-refractivity contribution in [2.24, 2.45) is 0 Å². The molecule has 0 bridgehead atoms.